The Balaban J connectivity index is 2.77. The first-order chi connectivity index (χ1) is 7.54. The number of hydrogen-bond donors (Lipinski definition) is 1. The number of carbonyl (C=O) groups excluding carboxylic acids is 1. The van der Waals surface area contributed by atoms with Crippen LogP contribution in [0.3, 0.4) is 0 Å². The SMILES string of the molecule is COCc1ccc(NC(=O)C(C)C)cc1C. The van der Waals surface area contributed by atoms with Gasteiger partial charge in [0, 0.05) is 18.7 Å². The summed E-state index contributed by atoms with van der Waals surface area (Å²) in [6.07, 6.45) is 0. The number of methoxy groups -OCH3 is 1. The largest absolute Gasteiger partial charge is 0.380 e. The van der Waals surface area contributed by atoms with Crippen molar-refractivity contribution in [3.05, 3.63) is 29.3 Å². The standard InChI is InChI=1S/C13H19NO2/c1-9(2)13(15)14-12-6-5-11(8-16-4)10(3)7-12/h5-7,9H,8H2,1-4H3,(H,14,15). The molecule has 3 heteroatoms. The van der Waals surface area contributed by atoms with E-state index in [1.165, 1.54) is 0 Å². The molecule has 0 fully saturated rings. The van der Waals surface area contributed by atoms with Crippen molar-refractivity contribution in [1.82, 2.24) is 0 Å². The van der Waals surface area contributed by atoms with Crippen molar-refractivity contribution >= 4 is 11.6 Å². The van der Waals surface area contributed by atoms with Crippen LogP contribution in [-0.4, -0.2) is 13.0 Å². The lowest BCUT2D eigenvalue weighted by atomic mass is 10.1. The molecule has 0 saturated carbocycles. The van der Waals surface area contributed by atoms with Gasteiger partial charge < -0.3 is 10.1 Å². The van der Waals surface area contributed by atoms with Gasteiger partial charge in [0.1, 0.15) is 0 Å². The van der Waals surface area contributed by atoms with E-state index in [1.54, 1.807) is 7.11 Å². The summed E-state index contributed by atoms with van der Waals surface area (Å²) in [5.41, 5.74) is 3.12. The Morgan fingerprint density at radius 2 is 2.12 bits per heavy atom. The van der Waals surface area contributed by atoms with Gasteiger partial charge >= 0.3 is 0 Å². The van der Waals surface area contributed by atoms with Crippen LogP contribution in [0.4, 0.5) is 5.69 Å². The Morgan fingerprint density at radius 3 is 2.62 bits per heavy atom. The molecule has 1 N–H and O–H groups in total. The van der Waals surface area contributed by atoms with Crippen molar-refractivity contribution in [2.75, 3.05) is 12.4 Å². The van der Waals surface area contributed by atoms with Crippen LogP contribution >= 0.6 is 0 Å². The van der Waals surface area contributed by atoms with E-state index in [2.05, 4.69) is 5.32 Å². The zero-order chi connectivity index (χ0) is 12.1. The third-order valence-corrected chi connectivity index (χ3v) is 2.43. The molecule has 1 aromatic carbocycles. The van der Waals surface area contributed by atoms with Crippen LogP contribution < -0.4 is 5.32 Å². The summed E-state index contributed by atoms with van der Waals surface area (Å²) in [7, 11) is 1.67. The molecule has 0 atom stereocenters. The van der Waals surface area contributed by atoms with Crippen LogP contribution in [0.2, 0.25) is 0 Å². The monoisotopic (exact) mass is 221 g/mol. The van der Waals surface area contributed by atoms with Gasteiger partial charge in [-0.05, 0) is 30.2 Å². The average molecular weight is 221 g/mol. The summed E-state index contributed by atoms with van der Waals surface area (Å²) in [4.78, 5) is 11.5. The smallest absolute Gasteiger partial charge is 0.226 e. The number of ether oxygens (including phenoxy) is 1. The molecule has 0 aliphatic heterocycles. The Kier molecular flexibility index (Phi) is 4.50. The van der Waals surface area contributed by atoms with Crippen LogP contribution in [0.25, 0.3) is 0 Å². The fourth-order valence-electron chi connectivity index (χ4n) is 1.38. The fraction of sp³-hybridized carbons (Fsp3) is 0.462. The van der Waals surface area contributed by atoms with Gasteiger partial charge in [-0.15, -0.1) is 0 Å². The third-order valence-electron chi connectivity index (χ3n) is 2.43. The Labute approximate surface area is 96.8 Å². The van der Waals surface area contributed by atoms with Crippen molar-refractivity contribution in [3.8, 4) is 0 Å². The zero-order valence-corrected chi connectivity index (χ0v) is 10.3. The number of amides is 1. The van der Waals surface area contributed by atoms with E-state index in [1.807, 2.05) is 39.0 Å². The predicted molar refractivity (Wildman–Crippen MR) is 65.4 cm³/mol. The van der Waals surface area contributed by atoms with Gasteiger partial charge in [0.2, 0.25) is 5.91 Å². The van der Waals surface area contributed by atoms with Gasteiger partial charge in [0.15, 0.2) is 0 Å². The molecule has 0 unspecified atom stereocenters. The minimum atomic E-state index is -0.000965. The Morgan fingerprint density at radius 1 is 1.44 bits per heavy atom. The van der Waals surface area contributed by atoms with Crippen molar-refractivity contribution in [3.63, 3.8) is 0 Å². The van der Waals surface area contributed by atoms with Gasteiger partial charge in [-0.25, -0.2) is 0 Å². The highest BCUT2D eigenvalue weighted by Crippen LogP contribution is 2.16. The molecule has 0 saturated heterocycles. The minimum Gasteiger partial charge on any atom is -0.380 e. The molecule has 1 aromatic rings. The number of rotatable bonds is 4. The molecule has 16 heavy (non-hydrogen) atoms. The quantitative estimate of drug-likeness (QED) is 0.849. The molecule has 1 rings (SSSR count). The summed E-state index contributed by atoms with van der Waals surface area (Å²) in [6, 6.07) is 5.85. The van der Waals surface area contributed by atoms with E-state index in [4.69, 9.17) is 4.74 Å². The van der Waals surface area contributed by atoms with Gasteiger partial charge in [-0.3, -0.25) is 4.79 Å². The maximum atomic E-state index is 11.5. The maximum absolute atomic E-state index is 11.5. The molecule has 0 radical (unpaired) electrons. The lowest BCUT2D eigenvalue weighted by molar-refractivity contribution is -0.118. The van der Waals surface area contributed by atoms with E-state index in [-0.39, 0.29) is 11.8 Å². The highest BCUT2D eigenvalue weighted by molar-refractivity contribution is 5.92. The molecular weight excluding hydrogens is 202 g/mol. The van der Waals surface area contributed by atoms with Crippen LogP contribution in [0, 0.1) is 12.8 Å². The van der Waals surface area contributed by atoms with E-state index in [0.29, 0.717) is 6.61 Å². The minimum absolute atomic E-state index is 0.000965. The van der Waals surface area contributed by atoms with E-state index >= 15 is 0 Å². The lowest BCUT2D eigenvalue weighted by Gasteiger charge is -2.10. The molecule has 88 valence electrons. The lowest BCUT2D eigenvalue weighted by Crippen LogP contribution is -2.17. The summed E-state index contributed by atoms with van der Waals surface area (Å²) in [5.74, 6) is 0.0397. The maximum Gasteiger partial charge on any atom is 0.226 e. The van der Waals surface area contributed by atoms with Crippen molar-refractivity contribution < 1.29 is 9.53 Å². The van der Waals surface area contributed by atoms with Crippen molar-refractivity contribution in [2.45, 2.75) is 27.4 Å². The second kappa shape index (κ2) is 5.66. The Bertz CT molecular complexity index is 372. The Hall–Kier alpha value is -1.35. The number of anilines is 1. The molecule has 0 aromatic heterocycles. The predicted octanol–water partition coefficient (Wildman–Crippen LogP) is 2.74. The van der Waals surface area contributed by atoms with Crippen LogP contribution in [-0.2, 0) is 16.1 Å². The van der Waals surface area contributed by atoms with Crippen LogP contribution in [0.1, 0.15) is 25.0 Å². The molecule has 0 heterocycles. The molecular formula is C13H19NO2. The second-order valence-electron chi connectivity index (χ2n) is 4.22. The number of benzene rings is 1. The van der Waals surface area contributed by atoms with Gasteiger partial charge in [-0.1, -0.05) is 19.9 Å². The number of aryl methyl sites for hydroxylation is 1. The first kappa shape index (κ1) is 12.7. The zero-order valence-electron chi connectivity index (χ0n) is 10.3. The summed E-state index contributed by atoms with van der Waals surface area (Å²) >= 11 is 0. The number of carbonyl (C=O) groups is 1. The fourth-order valence-corrected chi connectivity index (χ4v) is 1.38. The van der Waals surface area contributed by atoms with Crippen molar-refractivity contribution in [1.29, 1.82) is 0 Å². The first-order valence-corrected chi connectivity index (χ1v) is 5.44. The number of hydrogen-bond acceptors (Lipinski definition) is 2. The molecule has 0 aliphatic rings. The van der Waals surface area contributed by atoms with Crippen molar-refractivity contribution in [2.24, 2.45) is 5.92 Å². The highest BCUT2D eigenvalue weighted by atomic mass is 16.5. The topological polar surface area (TPSA) is 38.3 Å². The first-order valence-electron chi connectivity index (χ1n) is 5.44. The molecule has 1 amide bonds. The van der Waals surface area contributed by atoms with Crippen LogP contribution in [0.5, 0.6) is 0 Å². The van der Waals surface area contributed by atoms with E-state index < -0.39 is 0 Å². The van der Waals surface area contributed by atoms with Gasteiger partial charge in [0.25, 0.3) is 0 Å². The second-order valence-corrected chi connectivity index (χ2v) is 4.22. The van der Waals surface area contributed by atoms with Crippen LogP contribution in [0.15, 0.2) is 18.2 Å². The third kappa shape index (κ3) is 3.35. The molecule has 0 spiro atoms. The van der Waals surface area contributed by atoms with E-state index in [9.17, 15) is 4.79 Å². The molecule has 3 nitrogen and oxygen atoms in total. The summed E-state index contributed by atoms with van der Waals surface area (Å²) in [5, 5.41) is 2.87. The summed E-state index contributed by atoms with van der Waals surface area (Å²) in [6.45, 7) is 6.37. The van der Waals surface area contributed by atoms with E-state index in [0.717, 1.165) is 16.8 Å². The summed E-state index contributed by atoms with van der Waals surface area (Å²) < 4.78 is 5.08. The highest BCUT2D eigenvalue weighted by Gasteiger charge is 2.07. The van der Waals surface area contributed by atoms with Gasteiger partial charge in [0.05, 0.1) is 6.61 Å². The van der Waals surface area contributed by atoms with Gasteiger partial charge in [-0.2, -0.15) is 0 Å². The molecule has 0 bridgehead atoms. The normalized spacial score (nSPS) is 10.6. The number of nitrogens with one attached hydrogen (secondary N) is 1. The average Bonchev–Trinajstić information content (AvgIpc) is 2.22. The molecule has 0 aliphatic carbocycles.